The van der Waals surface area contributed by atoms with Crippen LogP contribution < -0.4 is 5.73 Å². The summed E-state index contributed by atoms with van der Waals surface area (Å²) in [5, 5.41) is 2.17. The van der Waals surface area contributed by atoms with E-state index in [1.54, 1.807) is 23.1 Å². The second-order valence-electron chi connectivity index (χ2n) is 4.49. The molecule has 0 unspecified atom stereocenters. The Kier molecular flexibility index (Phi) is 3.89. The number of hydrogen-bond acceptors (Lipinski definition) is 5. The Bertz CT molecular complexity index is 520. The summed E-state index contributed by atoms with van der Waals surface area (Å²) >= 11 is 3.46. The predicted octanol–water partition coefficient (Wildman–Crippen LogP) is 3.72. The molecule has 0 amide bonds. The van der Waals surface area contributed by atoms with Crippen molar-refractivity contribution in [3.63, 3.8) is 0 Å². The van der Waals surface area contributed by atoms with Gasteiger partial charge >= 0.3 is 0 Å². The Hall–Kier alpha value is -0.810. The highest BCUT2D eigenvalue weighted by Gasteiger charge is 2.09. The van der Waals surface area contributed by atoms with Gasteiger partial charge in [0.15, 0.2) is 0 Å². The molecule has 0 atom stereocenters. The van der Waals surface area contributed by atoms with Crippen molar-refractivity contribution in [2.45, 2.75) is 32.2 Å². The Labute approximate surface area is 110 Å². The van der Waals surface area contributed by atoms with Gasteiger partial charge in [-0.15, -0.1) is 23.1 Å². The van der Waals surface area contributed by atoms with Crippen LogP contribution in [0.1, 0.15) is 25.1 Å². The van der Waals surface area contributed by atoms with Crippen LogP contribution in [0.3, 0.4) is 0 Å². The van der Waals surface area contributed by atoms with E-state index in [1.165, 1.54) is 11.3 Å². The van der Waals surface area contributed by atoms with Crippen LogP contribution in [0.15, 0.2) is 11.1 Å². The molecule has 2 aromatic rings. The van der Waals surface area contributed by atoms with Crippen molar-refractivity contribution in [3.05, 3.63) is 10.9 Å². The number of thioether (sulfide) groups is 1. The monoisotopic (exact) mass is 267 g/mol. The first-order valence-electron chi connectivity index (χ1n) is 5.72. The molecule has 0 aliphatic heterocycles. The molecule has 0 aliphatic carbocycles. The summed E-state index contributed by atoms with van der Waals surface area (Å²) in [6.07, 6.45) is 1.19. The number of aryl methyl sites for hydroxylation is 1. The van der Waals surface area contributed by atoms with Crippen molar-refractivity contribution >= 4 is 39.3 Å². The molecule has 0 saturated carbocycles. The third kappa shape index (κ3) is 3.10. The molecular weight excluding hydrogens is 250 g/mol. The van der Waals surface area contributed by atoms with Crippen LogP contribution >= 0.6 is 23.1 Å². The smallest absolute Gasteiger partial charge is 0.222 e. The second-order valence-corrected chi connectivity index (χ2v) is 6.81. The highest BCUT2D eigenvalue weighted by atomic mass is 32.2. The van der Waals surface area contributed by atoms with Crippen molar-refractivity contribution in [1.29, 1.82) is 0 Å². The maximum absolute atomic E-state index is 5.74. The van der Waals surface area contributed by atoms with Gasteiger partial charge in [-0.1, -0.05) is 13.8 Å². The number of aromatic nitrogens is 2. The van der Waals surface area contributed by atoms with E-state index >= 15 is 0 Å². The van der Waals surface area contributed by atoms with E-state index in [2.05, 4.69) is 36.8 Å². The topological polar surface area (TPSA) is 51.8 Å². The molecule has 2 heterocycles. The molecule has 2 aromatic heterocycles. The van der Waals surface area contributed by atoms with Crippen LogP contribution in [0.25, 0.3) is 10.2 Å². The van der Waals surface area contributed by atoms with E-state index < -0.39 is 0 Å². The van der Waals surface area contributed by atoms with Crippen molar-refractivity contribution in [3.8, 4) is 0 Å². The molecule has 2 rings (SSSR count). The quantitative estimate of drug-likeness (QED) is 0.677. The maximum Gasteiger partial charge on any atom is 0.222 e. The standard InChI is InChI=1S/C12H17N3S2/c1-7(2)4-5-16-10-9-6-8(3)17-11(9)15-12(13)14-10/h6-7H,4-5H2,1-3H3,(H2,13,14,15). The molecule has 0 aliphatic rings. The van der Waals surface area contributed by atoms with Crippen molar-refractivity contribution in [1.82, 2.24) is 9.97 Å². The molecule has 17 heavy (non-hydrogen) atoms. The average molecular weight is 267 g/mol. The first-order valence-corrected chi connectivity index (χ1v) is 7.53. The summed E-state index contributed by atoms with van der Waals surface area (Å²) < 4.78 is 0. The van der Waals surface area contributed by atoms with Crippen LogP contribution in [-0.2, 0) is 0 Å². The Morgan fingerprint density at radius 1 is 1.41 bits per heavy atom. The summed E-state index contributed by atoms with van der Waals surface area (Å²) in [4.78, 5) is 10.9. The average Bonchev–Trinajstić information content (AvgIpc) is 2.57. The number of anilines is 1. The number of nitrogens with two attached hydrogens (primary N) is 1. The highest BCUT2D eigenvalue weighted by molar-refractivity contribution is 7.99. The highest BCUT2D eigenvalue weighted by Crippen LogP contribution is 2.32. The van der Waals surface area contributed by atoms with Crippen molar-refractivity contribution < 1.29 is 0 Å². The number of nitrogen functional groups attached to an aromatic ring is 1. The molecule has 0 radical (unpaired) electrons. The van der Waals surface area contributed by atoms with E-state index in [4.69, 9.17) is 5.73 Å². The molecule has 0 aromatic carbocycles. The minimum atomic E-state index is 0.381. The molecule has 0 spiro atoms. The minimum Gasteiger partial charge on any atom is -0.368 e. The SMILES string of the molecule is Cc1cc2c(SCCC(C)C)nc(N)nc2s1. The Morgan fingerprint density at radius 3 is 2.88 bits per heavy atom. The third-order valence-corrected chi connectivity index (χ3v) is 4.40. The van der Waals surface area contributed by atoms with E-state index in [-0.39, 0.29) is 0 Å². The summed E-state index contributed by atoms with van der Waals surface area (Å²) in [6.45, 7) is 6.56. The van der Waals surface area contributed by atoms with Gasteiger partial charge in [0.05, 0.1) is 0 Å². The van der Waals surface area contributed by atoms with Gasteiger partial charge in [0.2, 0.25) is 5.95 Å². The number of thiophene rings is 1. The molecule has 5 heteroatoms. The lowest BCUT2D eigenvalue weighted by molar-refractivity contribution is 0.632. The van der Waals surface area contributed by atoms with Crippen molar-refractivity contribution in [2.75, 3.05) is 11.5 Å². The van der Waals surface area contributed by atoms with E-state index in [1.807, 2.05) is 0 Å². The second kappa shape index (κ2) is 5.23. The lowest BCUT2D eigenvalue weighted by Crippen LogP contribution is -1.97. The molecule has 2 N–H and O–H groups in total. The summed E-state index contributed by atoms with van der Waals surface area (Å²) in [6, 6.07) is 2.15. The van der Waals surface area contributed by atoms with E-state index in [0.29, 0.717) is 5.95 Å². The molecular formula is C12H17N3S2. The summed E-state index contributed by atoms with van der Waals surface area (Å²) in [7, 11) is 0. The van der Waals surface area contributed by atoms with Crippen LogP contribution in [0, 0.1) is 12.8 Å². The Morgan fingerprint density at radius 2 is 2.18 bits per heavy atom. The third-order valence-electron chi connectivity index (χ3n) is 2.43. The van der Waals surface area contributed by atoms with E-state index in [9.17, 15) is 0 Å². The number of rotatable bonds is 4. The largest absolute Gasteiger partial charge is 0.368 e. The minimum absolute atomic E-state index is 0.381. The molecule has 3 nitrogen and oxygen atoms in total. The zero-order chi connectivity index (χ0) is 12.4. The van der Waals surface area contributed by atoms with Crippen LogP contribution in [0.5, 0.6) is 0 Å². The van der Waals surface area contributed by atoms with Crippen LogP contribution in [0.4, 0.5) is 5.95 Å². The normalized spacial score (nSPS) is 11.5. The molecule has 92 valence electrons. The molecule has 0 bridgehead atoms. The van der Waals surface area contributed by atoms with Crippen LogP contribution in [0.2, 0.25) is 0 Å². The zero-order valence-electron chi connectivity index (χ0n) is 10.4. The number of fused-ring (bicyclic) bond motifs is 1. The van der Waals surface area contributed by atoms with Gasteiger partial charge in [-0.2, -0.15) is 0 Å². The fraction of sp³-hybridized carbons (Fsp3) is 0.500. The summed E-state index contributed by atoms with van der Waals surface area (Å²) in [5.74, 6) is 2.19. The van der Waals surface area contributed by atoms with Crippen LogP contribution in [-0.4, -0.2) is 15.7 Å². The fourth-order valence-electron chi connectivity index (χ4n) is 1.53. The lowest BCUT2D eigenvalue weighted by Gasteiger charge is -2.05. The number of nitrogens with zero attached hydrogens (tertiary/aromatic N) is 2. The summed E-state index contributed by atoms with van der Waals surface area (Å²) in [5.41, 5.74) is 5.74. The van der Waals surface area contributed by atoms with Gasteiger partial charge in [0.25, 0.3) is 0 Å². The predicted molar refractivity (Wildman–Crippen MR) is 76.7 cm³/mol. The van der Waals surface area contributed by atoms with Crippen molar-refractivity contribution in [2.24, 2.45) is 5.92 Å². The molecule has 0 fully saturated rings. The van der Waals surface area contributed by atoms with Gasteiger partial charge < -0.3 is 5.73 Å². The Balaban J connectivity index is 2.25. The molecule has 0 saturated heterocycles. The first-order chi connectivity index (χ1) is 8.06. The lowest BCUT2D eigenvalue weighted by atomic mass is 10.2. The zero-order valence-corrected chi connectivity index (χ0v) is 12.0. The first kappa shape index (κ1) is 12.6. The maximum atomic E-state index is 5.74. The van der Waals surface area contributed by atoms with Gasteiger partial charge in [0, 0.05) is 10.3 Å². The van der Waals surface area contributed by atoms with Gasteiger partial charge in [-0.05, 0) is 31.1 Å². The fourth-order valence-corrected chi connectivity index (χ4v) is 3.74. The number of hydrogen-bond donors (Lipinski definition) is 1. The van der Waals surface area contributed by atoms with Gasteiger partial charge in [0.1, 0.15) is 9.86 Å². The van der Waals surface area contributed by atoms with Gasteiger partial charge in [-0.3, -0.25) is 0 Å². The van der Waals surface area contributed by atoms with E-state index in [0.717, 1.165) is 26.9 Å². The van der Waals surface area contributed by atoms with Gasteiger partial charge in [-0.25, -0.2) is 9.97 Å².